The molecular weight excluding hydrogens is 360 g/mol. The zero-order valence-corrected chi connectivity index (χ0v) is 15.8. The van der Waals surface area contributed by atoms with E-state index in [2.05, 4.69) is 4.98 Å². The molecule has 0 fully saturated rings. The van der Waals surface area contributed by atoms with Crippen molar-refractivity contribution in [2.75, 3.05) is 7.11 Å². The molecule has 0 saturated carbocycles. The predicted molar refractivity (Wildman–Crippen MR) is 108 cm³/mol. The second-order valence-electron chi connectivity index (χ2n) is 6.42. The van der Waals surface area contributed by atoms with Gasteiger partial charge in [-0.1, -0.05) is 41.9 Å². The average Bonchev–Trinajstić information content (AvgIpc) is 3.11. The van der Waals surface area contributed by atoms with Crippen LogP contribution in [0.4, 0.5) is 0 Å². The zero-order chi connectivity index (χ0) is 19.0. The van der Waals surface area contributed by atoms with Crippen molar-refractivity contribution in [1.29, 1.82) is 0 Å². The summed E-state index contributed by atoms with van der Waals surface area (Å²) in [6.45, 7) is 1.74. The fourth-order valence-corrected chi connectivity index (χ4v) is 3.38. The van der Waals surface area contributed by atoms with Crippen LogP contribution in [-0.2, 0) is 0 Å². The number of para-hydroxylation sites is 1. The SMILES string of the molecule is COc1c(-c2ccc3nc(-c4ccc(Cl)cc4)cn3c2)cccc1C(C)O. The number of rotatable bonds is 4. The monoisotopic (exact) mass is 378 g/mol. The lowest BCUT2D eigenvalue weighted by Gasteiger charge is -2.15. The highest BCUT2D eigenvalue weighted by atomic mass is 35.5. The van der Waals surface area contributed by atoms with E-state index in [4.69, 9.17) is 16.3 Å². The Morgan fingerprint density at radius 3 is 2.44 bits per heavy atom. The van der Waals surface area contributed by atoms with Crippen molar-refractivity contribution in [2.24, 2.45) is 0 Å². The maximum atomic E-state index is 10.0. The Labute approximate surface area is 162 Å². The van der Waals surface area contributed by atoms with Gasteiger partial charge in [-0.15, -0.1) is 0 Å². The number of imidazole rings is 1. The van der Waals surface area contributed by atoms with Crippen molar-refractivity contribution in [3.05, 3.63) is 77.6 Å². The van der Waals surface area contributed by atoms with Crippen LogP contribution in [0.3, 0.4) is 0 Å². The Bertz CT molecular complexity index is 1100. The third-order valence-electron chi connectivity index (χ3n) is 4.60. The molecule has 136 valence electrons. The molecule has 0 amide bonds. The molecule has 0 aliphatic heterocycles. The van der Waals surface area contributed by atoms with E-state index in [-0.39, 0.29) is 0 Å². The van der Waals surface area contributed by atoms with Crippen molar-refractivity contribution in [3.8, 4) is 28.1 Å². The molecule has 4 nitrogen and oxygen atoms in total. The Morgan fingerprint density at radius 1 is 1.00 bits per heavy atom. The number of pyridine rings is 1. The minimum atomic E-state index is -0.603. The first-order valence-corrected chi connectivity index (χ1v) is 9.04. The number of ether oxygens (including phenoxy) is 1. The van der Waals surface area contributed by atoms with E-state index >= 15 is 0 Å². The first kappa shape index (κ1) is 17.6. The van der Waals surface area contributed by atoms with Crippen molar-refractivity contribution in [1.82, 2.24) is 9.38 Å². The van der Waals surface area contributed by atoms with Gasteiger partial charge >= 0.3 is 0 Å². The molecule has 1 unspecified atom stereocenters. The molecule has 0 radical (unpaired) electrons. The van der Waals surface area contributed by atoms with Crippen LogP contribution in [0.1, 0.15) is 18.6 Å². The van der Waals surface area contributed by atoms with Gasteiger partial charge in [0.15, 0.2) is 0 Å². The summed E-state index contributed by atoms with van der Waals surface area (Å²) < 4.78 is 7.59. The molecule has 4 aromatic rings. The normalized spacial score (nSPS) is 12.3. The molecule has 2 aromatic heterocycles. The van der Waals surface area contributed by atoms with E-state index in [0.717, 1.165) is 33.6 Å². The predicted octanol–water partition coefficient (Wildman–Crippen LogP) is 5.38. The molecule has 1 N–H and O–H groups in total. The Balaban J connectivity index is 1.81. The highest BCUT2D eigenvalue weighted by Gasteiger charge is 2.15. The first-order valence-electron chi connectivity index (χ1n) is 8.67. The highest BCUT2D eigenvalue weighted by Crippen LogP contribution is 2.36. The van der Waals surface area contributed by atoms with E-state index < -0.39 is 6.10 Å². The van der Waals surface area contributed by atoms with Gasteiger partial charge in [-0.05, 0) is 31.2 Å². The van der Waals surface area contributed by atoms with Crippen LogP contribution in [0.2, 0.25) is 5.02 Å². The molecule has 0 aliphatic carbocycles. The van der Waals surface area contributed by atoms with Crippen molar-refractivity contribution < 1.29 is 9.84 Å². The van der Waals surface area contributed by atoms with Crippen molar-refractivity contribution >= 4 is 17.2 Å². The molecule has 4 rings (SSSR count). The van der Waals surface area contributed by atoms with E-state index in [1.807, 2.05) is 71.4 Å². The van der Waals surface area contributed by atoms with Gasteiger partial charge in [0.05, 0.1) is 18.9 Å². The third kappa shape index (κ3) is 3.29. The lowest BCUT2D eigenvalue weighted by molar-refractivity contribution is 0.194. The van der Waals surface area contributed by atoms with Crippen LogP contribution in [0, 0.1) is 0 Å². The number of fused-ring (bicyclic) bond motifs is 1. The lowest BCUT2D eigenvalue weighted by Crippen LogP contribution is -1.98. The molecule has 0 saturated heterocycles. The summed E-state index contributed by atoms with van der Waals surface area (Å²) >= 11 is 5.97. The summed E-state index contributed by atoms with van der Waals surface area (Å²) in [5, 5.41) is 10.7. The molecule has 0 aliphatic rings. The Kier molecular flexibility index (Phi) is 4.60. The van der Waals surface area contributed by atoms with Gasteiger partial charge in [0.25, 0.3) is 0 Å². The summed E-state index contributed by atoms with van der Waals surface area (Å²) in [7, 11) is 1.62. The average molecular weight is 379 g/mol. The van der Waals surface area contributed by atoms with Gasteiger partial charge in [0.2, 0.25) is 0 Å². The molecule has 5 heteroatoms. The van der Waals surface area contributed by atoms with Gasteiger partial charge in [-0.25, -0.2) is 4.98 Å². The number of methoxy groups -OCH3 is 1. The topological polar surface area (TPSA) is 46.8 Å². The summed E-state index contributed by atoms with van der Waals surface area (Å²) in [5.74, 6) is 0.685. The van der Waals surface area contributed by atoms with Crippen LogP contribution in [0.5, 0.6) is 5.75 Å². The van der Waals surface area contributed by atoms with Crippen LogP contribution in [0.15, 0.2) is 67.0 Å². The Morgan fingerprint density at radius 2 is 1.74 bits per heavy atom. The maximum Gasteiger partial charge on any atom is 0.137 e. The molecule has 0 bridgehead atoms. The van der Waals surface area contributed by atoms with Gasteiger partial charge < -0.3 is 14.2 Å². The smallest absolute Gasteiger partial charge is 0.137 e. The highest BCUT2D eigenvalue weighted by molar-refractivity contribution is 6.30. The second kappa shape index (κ2) is 7.06. The number of aliphatic hydroxyl groups excluding tert-OH is 1. The Hall–Kier alpha value is -2.82. The zero-order valence-electron chi connectivity index (χ0n) is 15.1. The fourth-order valence-electron chi connectivity index (χ4n) is 3.25. The summed E-state index contributed by atoms with van der Waals surface area (Å²) in [6.07, 6.45) is 3.41. The number of halogens is 1. The van der Waals surface area contributed by atoms with Crippen molar-refractivity contribution in [2.45, 2.75) is 13.0 Å². The minimum Gasteiger partial charge on any atom is -0.496 e. The molecule has 2 heterocycles. The molecule has 27 heavy (non-hydrogen) atoms. The van der Waals surface area contributed by atoms with E-state index in [9.17, 15) is 5.11 Å². The largest absolute Gasteiger partial charge is 0.496 e. The van der Waals surface area contributed by atoms with E-state index in [0.29, 0.717) is 10.8 Å². The summed E-state index contributed by atoms with van der Waals surface area (Å²) in [4.78, 5) is 4.68. The van der Waals surface area contributed by atoms with Gasteiger partial charge in [0, 0.05) is 39.7 Å². The van der Waals surface area contributed by atoms with Gasteiger partial charge in [-0.3, -0.25) is 0 Å². The van der Waals surface area contributed by atoms with Crippen LogP contribution < -0.4 is 4.74 Å². The number of aromatic nitrogens is 2. The molecule has 1 atom stereocenters. The molecular formula is C22H19ClN2O2. The summed E-state index contributed by atoms with van der Waals surface area (Å²) in [6, 6.07) is 17.4. The van der Waals surface area contributed by atoms with Crippen LogP contribution >= 0.6 is 11.6 Å². The third-order valence-corrected chi connectivity index (χ3v) is 4.85. The number of nitrogens with zero attached hydrogens (tertiary/aromatic N) is 2. The summed E-state index contributed by atoms with van der Waals surface area (Å²) in [5.41, 5.74) is 5.44. The van der Waals surface area contributed by atoms with Crippen molar-refractivity contribution in [3.63, 3.8) is 0 Å². The number of hydrogen-bond acceptors (Lipinski definition) is 3. The first-order chi connectivity index (χ1) is 13.1. The molecule has 2 aromatic carbocycles. The molecule has 0 spiro atoms. The van der Waals surface area contributed by atoms with Crippen LogP contribution in [0.25, 0.3) is 28.0 Å². The maximum absolute atomic E-state index is 10.0. The number of benzene rings is 2. The second-order valence-corrected chi connectivity index (χ2v) is 6.86. The lowest BCUT2D eigenvalue weighted by atomic mass is 10.0. The van der Waals surface area contributed by atoms with E-state index in [1.54, 1.807) is 14.0 Å². The fraction of sp³-hybridized carbons (Fsp3) is 0.136. The van der Waals surface area contributed by atoms with Gasteiger partial charge in [-0.2, -0.15) is 0 Å². The van der Waals surface area contributed by atoms with Gasteiger partial charge in [0.1, 0.15) is 11.4 Å². The minimum absolute atomic E-state index is 0.603. The quantitative estimate of drug-likeness (QED) is 0.518. The number of aliphatic hydroxyl groups is 1. The standard InChI is InChI=1S/C22H19ClN2O2/c1-14(26)18-4-3-5-19(22(18)27-2)16-8-11-21-24-20(13-25(21)12-16)15-6-9-17(23)10-7-15/h3-14,26H,1-2H3. The van der Waals surface area contributed by atoms with E-state index in [1.165, 1.54) is 0 Å². The number of hydrogen-bond donors (Lipinski definition) is 1. The van der Waals surface area contributed by atoms with Crippen LogP contribution in [-0.4, -0.2) is 21.6 Å².